The zero-order valence-corrected chi connectivity index (χ0v) is 17.5. The summed E-state index contributed by atoms with van der Waals surface area (Å²) in [7, 11) is 2.13. The molecule has 0 spiro atoms. The van der Waals surface area contributed by atoms with Crippen LogP contribution in [0.1, 0.15) is 42.6 Å². The van der Waals surface area contributed by atoms with E-state index in [0.29, 0.717) is 23.9 Å². The molecule has 0 bridgehead atoms. The van der Waals surface area contributed by atoms with Crippen molar-refractivity contribution in [1.29, 1.82) is 0 Å². The number of rotatable bonds is 5. The molecule has 0 atom stereocenters. The number of aromatic nitrogens is 2. The largest absolute Gasteiger partial charge is 0.364 e. The van der Waals surface area contributed by atoms with Crippen molar-refractivity contribution in [2.24, 2.45) is 5.92 Å². The number of nitrogens with zero attached hydrogens (tertiary/aromatic N) is 4. The molecule has 2 aliphatic heterocycles. The molecule has 1 aromatic heterocycles. The van der Waals surface area contributed by atoms with Crippen molar-refractivity contribution in [2.45, 2.75) is 51.1 Å². The van der Waals surface area contributed by atoms with Crippen LogP contribution in [0.5, 0.6) is 0 Å². The SMILES string of the molecule is CN1CCc2nc(NC3CC3)c(N3CCC(Cc4ccc(F)cc4F)CC3)nc2C1. The number of hydrogen-bond donors (Lipinski definition) is 1. The Kier molecular flexibility index (Phi) is 5.31. The Morgan fingerprint density at radius 1 is 1.03 bits per heavy atom. The quantitative estimate of drug-likeness (QED) is 0.808. The molecule has 5 nitrogen and oxygen atoms in total. The summed E-state index contributed by atoms with van der Waals surface area (Å²) in [6, 6.07) is 4.45. The molecule has 30 heavy (non-hydrogen) atoms. The summed E-state index contributed by atoms with van der Waals surface area (Å²) in [5, 5.41) is 3.59. The van der Waals surface area contributed by atoms with Gasteiger partial charge in [0.2, 0.25) is 0 Å². The number of nitrogens with one attached hydrogen (secondary N) is 1. The number of fused-ring (bicyclic) bond motifs is 1. The molecule has 2 fully saturated rings. The lowest BCUT2D eigenvalue weighted by molar-refractivity contribution is 0.304. The summed E-state index contributed by atoms with van der Waals surface area (Å²) in [6.07, 6.45) is 5.95. The van der Waals surface area contributed by atoms with Gasteiger partial charge in [-0.05, 0) is 56.7 Å². The standard InChI is InChI=1S/C23H29F2N5/c1-29-9-8-20-21(14-29)28-23(22(27-20)26-18-4-5-18)30-10-6-15(7-11-30)12-16-2-3-17(24)13-19(16)25/h2-3,13,15,18H,4-12,14H2,1H3,(H,26,27). The Balaban J connectivity index is 1.30. The van der Waals surface area contributed by atoms with Crippen LogP contribution in [0.25, 0.3) is 0 Å². The van der Waals surface area contributed by atoms with Crippen LogP contribution in [0.3, 0.4) is 0 Å². The van der Waals surface area contributed by atoms with Gasteiger partial charge in [0, 0.05) is 44.7 Å². The third-order valence-electron chi connectivity index (χ3n) is 6.54. The maximum absolute atomic E-state index is 14.0. The molecule has 1 saturated carbocycles. The van der Waals surface area contributed by atoms with Gasteiger partial charge < -0.3 is 15.1 Å². The van der Waals surface area contributed by atoms with Crippen LogP contribution in [0.15, 0.2) is 18.2 Å². The van der Waals surface area contributed by atoms with Crippen molar-refractivity contribution < 1.29 is 8.78 Å². The van der Waals surface area contributed by atoms with Crippen LogP contribution in [0, 0.1) is 17.6 Å². The van der Waals surface area contributed by atoms with Gasteiger partial charge in [0.05, 0.1) is 11.4 Å². The molecule has 3 aliphatic rings. The molecular formula is C23H29F2N5. The molecule has 2 aromatic rings. The van der Waals surface area contributed by atoms with Gasteiger partial charge >= 0.3 is 0 Å². The van der Waals surface area contributed by atoms with Gasteiger partial charge in [0.25, 0.3) is 0 Å². The van der Waals surface area contributed by atoms with E-state index in [0.717, 1.165) is 74.5 Å². The number of benzene rings is 1. The van der Waals surface area contributed by atoms with E-state index in [9.17, 15) is 8.78 Å². The average Bonchev–Trinajstić information content (AvgIpc) is 3.54. The Labute approximate surface area is 176 Å². The Morgan fingerprint density at radius 3 is 2.57 bits per heavy atom. The van der Waals surface area contributed by atoms with Crippen molar-refractivity contribution >= 4 is 11.6 Å². The monoisotopic (exact) mass is 413 g/mol. The van der Waals surface area contributed by atoms with E-state index in [1.807, 2.05) is 0 Å². The molecule has 160 valence electrons. The predicted molar refractivity (Wildman–Crippen MR) is 114 cm³/mol. The van der Waals surface area contributed by atoms with Gasteiger partial charge in [-0.2, -0.15) is 0 Å². The Morgan fingerprint density at radius 2 is 1.83 bits per heavy atom. The first-order valence-electron chi connectivity index (χ1n) is 11.1. The van der Waals surface area contributed by atoms with E-state index < -0.39 is 11.6 Å². The van der Waals surface area contributed by atoms with E-state index in [-0.39, 0.29) is 0 Å². The van der Waals surface area contributed by atoms with Gasteiger partial charge in [-0.25, -0.2) is 18.7 Å². The second-order valence-electron chi connectivity index (χ2n) is 9.07. The lowest BCUT2D eigenvalue weighted by Gasteiger charge is -2.35. The Bertz CT molecular complexity index is 922. The number of anilines is 2. The van der Waals surface area contributed by atoms with Gasteiger partial charge in [-0.1, -0.05) is 6.07 Å². The molecular weight excluding hydrogens is 384 g/mol. The smallest absolute Gasteiger partial charge is 0.172 e. The average molecular weight is 414 g/mol. The molecule has 1 aliphatic carbocycles. The minimum atomic E-state index is -0.515. The van der Waals surface area contributed by atoms with Crippen molar-refractivity contribution in [2.75, 3.05) is 36.9 Å². The molecule has 0 amide bonds. The molecule has 5 rings (SSSR count). The molecule has 3 heterocycles. The highest BCUT2D eigenvalue weighted by molar-refractivity contribution is 5.63. The van der Waals surface area contributed by atoms with Crippen molar-refractivity contribution in [3.8, 4) is 0 Å². The van der Waals surface area contributed by atoms with E-state index in [2.05, 4.69) is 22.2 Å². The maximum Gasteiger partial charge on any atom is 0.172 e. The van der Waals surface area contributed by atoms with Gasteiger partial charge in [-0.15, -0.1) is 0 Å². The molecule has 0 radical (unpaired) electrons. The highest BCUT2D eigenvalue weighted by Crippen LogP contribution is 2.34. The number of piperidine rings is 1. The fourth-order valence-corrected chi connectivity index (χ4v) is 4.54. The first-order chi connectivity index (χ1) is 14.5. The Hall–Kier alpha value is -2.28. The molecule has 1 aromatic carbocycles. The summed E-state index contributed by atoms with van der Waals surface area (Å²) in [5.74, 6) is 1.36. The zero-order chi connectivity index (χ0) is 20.7. The first kappa shape index (κ1) is 19.7. The molecule has 0 unspecified atom stereocenters. The van der Waals surface area contributed by atoms with E-state index >= 15 is 0 Å². The molecule has 1 N–H and O–H groups in total. The summed E-state index contributed by atoms with van der Waals surface area (Å²) in [6.45, 7) is 3.64. The maximum atomic E-state index is 14.0. The minimum absolute atomic E-state index is 0.401. The van der Waals surface area contributed by atoms with Crippen molar-refractivity contribution in [1.82, 2.24) is 14.9 Å². The van der Waals surface area contributed by atoms with Crippen molar-refractivity contribution in [3.63, 3.8) is 0 Å². The van der Waals surface area contributed by atoms with Crippen LogP contribution in [0.4, 0.5) is 20.4 Å². The summed E-state index contributed by atoms with van der Waals surface area (Å²) in [5.41, 5.74) is 2.83. The summed E-state index contributed by atoms with van der Waals surface area (Å²) < 4.78 is 27.2. The zero-order valence-electron chi connectivity index (χ0n) is 17.5. The third-order valence-corrected chi connectivity index (χ3v) is 6.54. The van der Waals surface area contributed by atoms with Crippen LogP contribution < -0.4 is 10.2 Å². The van der Waals surface area contributed by atoms with Crippen molar-refractivity contribution in [3.05, 3.63) is 46.8 Å². The number of likely N-dealkylation sites (N-methyl/N-ethyl adjacent to an activating group) is 1. The third kappa shape index (κ3) is 4.26. The first-order valence-corrected chi connectivity index (χ1v) is 11.1. The van der Waals surface area contributed by atoms with Gasteiger partial charge in [0.1, 0.15) is 11.6 Å². The van der Waals surface area contributed by atoms with Crippen LogP contribution in [-0.2, 0) is 19.4 Å². The fraction of sp³-hybridized carbons (Fsp3) is 0.565. The molecule has 7 heteroatoms. The highest BCUT2D eigenvalue weighted by atomic mass is 19.1. The van der Waals surface area contributed by atoms with Crippen LogP contribution >= 0.6 is 0 Å². The lowest BCUT2D eigenvalue weighted by atomic mass is 9.90. The lowest BCUT2D eigenvalue weighted by Crippen LogP contribution is -2.37. The highest BCUT2D eigenvalue weighted by Gasteiger charge is 2.29. The number of halogens is 2. The van der Waals surface area contributed by atoms with Gasteiger partial charge in [0.15, 0.2) is 11.6 Å². The fourth-order valence-electron chi connectivity index (χ4n) is 4.54. The van der Waals surface area contributed by atoms with E-state index in [4.69, 9.17) is 9.97 Å². The topological polar surface area (TPSA) is 44.3 Å². The second kappa shape index (κ2) is 8.10. The van der Waals surface area contributed by atoms with Gasteiger partial charge in [-0.3, -0.25) is 0 Å². The molecule has 1 saturated heterocycles. The second-order valence-corrected chi connectivity index (χ2v) is 9.07. The van der Waals surface area contributed by atoms with E-state index in [1.54, 1.807) is 6.07 Å². The normalized spacial score (nSPS) is 20.3. The van der Waals surface area contributed by atoms with Crippen LogP contribution in [0.2, 0.25) is 0 Å². The predicted octanol–water partition coefficient (Wildman–Crippen LogP) is 3.78. The van der Waals surface area contributed by atoms with E-state index in [1.165, 1.54) is 18.9 Å². The number of hydrogen-bond acceptors (Lipinski definition) is 5. The minimum Gasteiger partial charge on any atom is -0.364 e. The van der Waals surface area contributed by atoms with Crippen LogP contribution in [-0.4, -0.2) is 47.6 Å². The summed E-state index contributed by atoms with van der Waals surface area (Å²) in [4.78, 5) is 14.7. The summed E-state index contributed by atoms with van der Waals surface area (Å²) >= 11 is 0.